The first-order valence-corrected chi connectivity index (χ1v) is 12.2. The number of nitrogens with one attached hydrogen (secondary N) is 2. The minimum absolute atomic E-state index is 0.0402. The van der Waals surface area contributed by atoms with Gasteiger partial charge in [0, 0.05) is 64.0 Å². The summed E-state index contributed by atoms with van der Waals surface area (Å²) in [6, 6.07) is -0.585. The van der Waals surface area contributed by atoms with Crippen molar-refractivity contribution in [3.05, 3.63) is 22.9 Å². The van der Waals surface area contributed by atoms with Crippen LogP contribution in [0.3, 0.4) is 0 Å². The predicted molar refractivity (Wildman–Crippen MR) is 123 cm³/mol. The van der Waals surface area contributed by atoms with Crippen molar-refractivity contribution in [3.8, 4) is 0 Å². The van der Waals surface area contributed by atoms with Crippen molar-refractivity contribution in [3.63, 3.8) is 0 Å². The molecule has 0 aromatic carbocycles. The van der Waals surface area contributed by atoms with E-state index in [-0.39, 0.29) is 18.2 Å². The number of hydrogen-bond acceptors (Lipinski definition) is 6. The lowest BCUT2D eigenvalue weighted by molar-refractivity contribution is -0.136. The van der Waals surface area contributed by atoms with Crippen LogP contribution < -0.4 is 10.6 Å². The van der Waals surface area contributed by atoms with Gasteiger partial charge < -0.3 is 25.2 Å². The molecule has 8 heteroatoms. The Morgan fingerprint density at radius 1 is 1.22 bits per heavy atom. The summed E-state index contributed by atoms with van der Waals surface area (Å²) in [7, 11) is 1.58. The Morgan fingerprint density at radius 2 is 1.97 bits per heavy atom. The topological polar surface area (TPSA) is 85.0 Å². The van der Waals surface area contributed by atoms with E-state index in [4.69, 9.17) is 0 Å². The van der Waals surface area contributed by atoms with Crippen LogP contribution in [0.25, 0.3) is 0 Å². The molecule has 2 amide bonds. The zero-order valence-corrected chi connectivity index (χ0v) is 19.3. The standard InChI is InChI=1S/C24H37N5O3/c1-25-23(31)22(3-2-14-30)29-17-19-15-20(4-5-21(19)24(29)32)28-12-10-27(11-13-28)16-18-6-8-26-9-7-18/h14-15,18,22,26H,2-13,16-17H2,1H3,(H,25,31). The molecule has 176 valence electrons. The van der Waals surface area contributed by atoms with Crippen LogP contribution in [-0.4, -0.2) is 98.2 Å². The first-order valence-electron chi connectivity index (χ1n) is 12.2. The zero-order valence-electron chi connectivity index (χ0n) is 19.3. The molecule has 2 saturated heterocycles. The zero-order chi connectivity index (χ0) is 22.5. The highest BCUT2D eigenvalue weighted by Crippen LogP contribution is 2.34. The molecule has 1 unspecified atom stereocenters. The maximum atomic E-state index is 13.0. The lowest BCUT2D eigenvalue weighted by atomic mass is 9.96. The molecule has 3 aliphatic heterocycles. The predicted octanol–water partition coefficient (Wildman–Crippen LogP) is 0.514. The van der Waals surface area contributed by atoms with Gasteiger partial charge in [0.05, 0.1) is 0 Å². The maximum absolute atomic E-state index is 13.0. The fraction of sp³-hybridized carbons (Fsp3) is 0.708. The number of likely N-dealkylation sites (N-methyl/N-ethyl adjacent to an activating group) is 1. The summed E-state index contributed by atoms with van der Waals surface area (Å²) < 4.78 is 0. The molecule has 0 aromatic rings. The smallest absolute Gasteiger partial charge is 0.251 e. The lowest BCUT2D eigenvalue weighted by Gasteiger charge is -2.40. The van der Waals surface area contributed by atoms with Gasteiger partial charge in [-0.15, -0.1) is 0 Å². The Balaban J connectivity index is 1.35. The van der Waals surface area contributed by atoms with E-state index < -0.39 is 6.04 Å². The molecule has 0 bridgehead atoms. The minimum atomic E-state index is -0.585. The van der Waals surface area contributed by atoms with Gasteiger partial charge in [0.15, 0.2) is 0 Å². The highest BCUT2D eigenvalue weighted by Gasteiger charge is 2.38. The van der Waals surface area contributed by atoms with Crippen molar-refractivity contribution in [1.29, 1.82) is 0 Å². The summed E-state index contributed by atoms with van der Waals surface area (Å²) in [6.45, 7) is 8.26. The molecule has 8 nitrogen and oxygen atoms in total. The van der Waals surface area contributed by atoms with Gasteiger partial charge in [-0.2, -0.15) is 0 Å². The summed E-state index contributed by atoms with van der Waals surface area (Å²) in [6.07, 6.45) is 7.84. The fourth-order valence-electron chi connectivity index (χ4n) is 5.56. The SMILES string of the molecule is CNC(=O)C(CCC=O)N1CC2=C(CCC(N3CCN(CC4CCNCC4)CC3)=C2)C1=O. The van der Waals surface area contributed by atoms with Crippen molar-refractivity contribution >= 4 is 18.1 Å². The average molecular weight is 444 g/mol. The maximum Gasteiger partial charge on any atom is 0.251 e. The molecule has 2 N–H and O–H groups in total. The van der Waals surface area contributed by atoms with E-state index in [0.29, 0.717) is 13.0 Å². The largest absolute Gasteiger partial charge is 0.372 e. The number of carbonyl (C=O) groups is 3. The molecule has 0 spiro atoms. The van der Waals surface area contributed by atoms with E-state index >= 15 is 0 Å². The first-order chi connectivity index (χ1) is 15.6. The number of aldehydes is 1. The summed E-state index contributed by atoms with van der Waals surface area (Å²) in [4.78, 5) is 43.0. The average Bonchev–Trinajstić information content (AvgIpc) is 3.15. The Kier molecular flexibility index (Phi) is 7.63. The Labute approximate surface area is 191 Å². The minimum Gasteiger partial charge on any atom is -0.372 e. The molecule has 0 saturated carbocycles. The van der Waals surface area contributed by atoms with Crippen LogP contribution in [0.15, 0.2) is 22.9 Å². The van der Waals surface area contributed by atoms with Gasteiger partial charge in [-0.1, -0.05) is 0 Å². The van der Waals surface area contributed by atoms with Crippen molar-refractivity contribution in [2.75, 3.05) is 59.4 Å². The fourth-order valence-corrected chi connectivity index (χ4v) is 5.56. The van der Waals surface area contributed by atoms with E-state index in [2.05, 4.69) is 26.5 Å². The quantitative estimate of drug-likeness (QED) is 0.532. The van der Waals surface area contributed by atoms with E-state index in [9.17, 15) is 14.4 Å². The van der Waals surface area contributed by atoms with Crippen LogP contribution >= 0.6 is 0 Å². The molecule has 4 rings (SSSR count). The number of rotatable bonds is 8. The molecule has 0 aromatic heterocycles. The van der Waals surface area contributed by atoms with Crippen LogP contribution in [0, 0.1) is 5.92 Å². The number of nitrogens with zero attached hydrogens (tertiary/aromatic N) is 3. The molecular formula is C24H37N5O3. The Morgan fingerprint density at radius 3 is 2.66 bits per heavy atom. The van der Waals surface area contributed by atoms with Gasteiger partial charge in [-0.05, 0) is 62.8 Å². The monoisotopic (exact) mass is 443 g/mol. The second-order valence-corrected chi connectivity index (χ2v) is 9.43. The molecular weight excluding hydrogens is 406 g/mol. The molecule has 2 fully saturated rings. The van der Waals surface area contributed by atoms with E-state index in [0.717, 1.165) is 75.5 Å². The van der Waals surface area contributed by atoms with Crippen molar-refractivity contribution in [2.24, 2.45) is 5.92 Å². The van der Waals surface area contributed by atoms with E-state index in [1.165, 1.54) is 25.1 Å². The third-order valence-electron chi connectivity index (χ3n) is 7.46. The van der Waals surface area contributed by atoms with E-state index in [1.807, 2.05) is 0 Å². The summed E-state index contributed by atoms with van der Waals surface area (Å²) >= 11 is 0. The van der Waals surface area contributed by atoms with Crippen LogP contribution in [0.4, 0.5) is 0 Å². The van der Waals surface area contributed by atoms with Gasteiger partial charge in [0.25, 0.3) is 5.91 Å². The third kappa shape index (κ3) is 5.07. The first kappa shape index (κ1) is 23.0. The molecule has 1 aliphatic carbocycles. The van der Waals surface area contributed by atoms with Gasteiger partial charge in [0.2, 0.25) is 5.91 Å². The molecule has 0 radical (unpaired) electrons. The summed E-state index contributed by atoms with van der Waals surface area (Å²) in [5.41, 5.74) is 3.22. The number of piperazine rings is 1. The van der Waals surface area contributed by atoms with Gasteiger partial charge in [-0.25, -0.2) is 0 Å². The Bertz CT molecular complexity index is 779. The lowest BCUT2D eigenvalue weighted by Crippen LogP contribution is -2.48. The number of hydrogen-bond donors (Lipinski definition) is 2. The van der Waals surface area contributed by atoms with Crippen LogP contribution in [0.5, 0.6) is 0 Å². The third-order valence-corrected chi connectivity index (χ3v) is 7.46. The van der Waals surface area contributed by atoms with Crippen LogP contribution in [0.2, 0.25) is 0 Å². The molecule has 4 aliphatic rings. The highest BCUT2D eigenvalue weighted by molar-refractivity contribution is 6.01. The van der Waals surface area contributed by atoms with Crippen molar-refractivity contribution in [1.82, 2.24) is 25.3 Å². The second kappa shape index (κ2) is 10.6. The highest BCUT2D eigenvalue weighted by atomic mass is 16.2. The number of amides is 2. The normalized spacial score (nSPS) is 23.8. The van der Waals surface area contributed by atoms with Crippen LogP contribution in [-0.2, 0) is 14.4 Å². The summed E-state index contributed by atoms with van der Waals surface area (Å²) in [5, 5.41) is 6.10. The van der Waals surface area contributed by atoms with Gasteiger partial charge in [0.1, 0.15) is 12.3 Å². The second-order valence-electron chi connectivity index (χ2n) is 9.43. The summed E-state index contributed by atoms with van der Waals surface area (Å²) in [5.74, 6) is 0.586. The molecule has 1 atom stereocenters. The molecule has 32 heavy (non-hydrogen) atoms. The van der Waals surface area contributed by atoms with Gasteiger partial charge >= 0.3 is 0 Å². The van der Waals surface area contributed by atoms with Gasteiger partial charge in [-0.3, -0.25) is 14.5 Å². The van der Waals surface area contributed by atoms with Crippen molar-refractivity contribution in [2.45, 2.75) is 44.6 Å². The molecule has 3 heterocycles. The van der Waals surface area contributed by atoms with E-state index in [1.54, 1.807) is 11.9 Å². The van der Waals surface area contributed by atoms with Crippen molar-refractivity contribution < 1.29 is 14.4 Å². The number of allylic oxidation sites excluding steroid dienone is 1. The number of piperidine rings is 1. The van der Waals surface area contributed by atoms with Crippen LogP contribution in [0.1, 0.15) is 38.5 Å². The number of carbonyl (C=O) groups excluding carboxylic acids is 3. The Hall–Kier alpha value is -2.19.